The molecule has 29 heavy (non-hydrogen) atoms. The summed E-state index contributed by atoms with van der Waals surface area (Å²) in [6, 6.07) is 16.5. The van der Waals surface area contributed by atoms with Gasteiger partial charge in [-0.2, -0.15) is 5.06 Å². The van der Waals surface area contributed by atoms with Gasteiger partial charge in [-0.25, -0.2) is 5.06 Å². The summed E-state index contributed by atoms with van der Waals surface area (Å²) in [4.78, 5) is 24.3. The van der Waals surface area contributed by atoms with E-state index >= 15 is 0 Å². The summed E-state index contributed by atoms with van der Waals surface area (Å²) in [6.45, 7) is -0.789. The molecule has 0 spiro atoms. The van der Waals surface area contributed by atoms with Crippen LogP contribution >= 0.6 is 0 Å². The van der Waals surface area contributed by atoms with Gasteiger partial charge in [0.2, 0.25) is 0 Å². The second-order valence-electron chi connectivity index (χ2n) is 6.36. The highest BCUT2D eigenvalue weighted by molar-refractivity contribution is 5.96. The second kappa shape index (κ2) is 10.3. The van der Waals surface area contributed by atoms with E-state index in [2.05, 4.69) is 0 Å². The number of hydrogen-bond acceptors (Lipinski definition) is 7. The minimum atomic E-state index is -1.90. The lowest BCUT2D eigenvalue weighted by molar-refractivity contribution is -0.225. The van der Waals surface area contributed by atoms with Crippen LogP contribution in [-0.2, 0) is 16.0 Å². The van der Waals surface area contributed by atoms with Crippen molar-refractivity contribution in [1.29, 1.82) is 0 Å². The Hall–Kier alpha value is -3.24. The molecular weight excluding hydrogens is 376 g/mol. The molecule has 0 fully saturated rings. The molecule has 154 valence electrons. The highest BCUT2D eigenvalue weighted by atomic mass is 16.6. The third-order valence-corrected chi connectivity index (χ3v) is 4.06. The molecule has 0 aliphatic carbocycles. The Morgan fingerprint density at radius 1 is 1.00 bits per heavy atom. The predicted molar refractivity (Wildman–Crippen MR) is 105 cm³/mol. The van der Waals surface area contributed by atoms with E-state index in [4.69, 9.17) is 11.5 Å². The summed E-state index contributed by atoms with van der Waals surface area (Å²) < 4.78 is 0. The van der Waals surface area contributed by atoms with E-state index in [0.717, 1.165) is 5.56 Å². The van der Waals surface area contributed by atoms with Gasteiger partial charge in [-0.15, -0.1) is 0 Å². The van der Waals surface area contributed by atoms with Gasteiger partial charge in [-0.3, -0.25) is 20.0 Å². The van der Waals surface area contributed by atoms with Crippen molar-refractivity contribution >= 4 is 17.9 Å². The number of nitrogens with zero attached hydrogens (tertiary/aromatic N) is 2. The molecule has 2 unspecified atom stereocenters. The zero-order valence-electron chi connectivity index (χ0n) is 15.6. The molecule has 0 aliphatic rings. The number of nitrogens with two attached hydrogens (primary N) is 2. The zero-order valence-corrected chi connectivity index (χ0v) is 15.6. The van der Waals surface area contributed by atoms with Crippen molar-refractivity contribution in [2.24, 2.45) is 11.5 Å². The van der Waals surface area contributed by atoms with Crippen molar-refractivity contribution in [3.05, 3.63) is 77.5 Å². The molecule has 2 amide bonds. The van der Waals surface area contributed by atoms with Crippen LogP contribution in [0.2, 0.25) is 0 Å². The third kappa shape index (κ3) is 6.40. The first kappa shape index (κ1) is 22.1. The largest absolute Gasteiger partial charge is 0.394 e. The van der Waals surface area contributed by atoms with E-state index in [1.807, 2.05) is 6.07 Å². The SMILES string of the molecule is N/C(=C\c1ccccc1)C(=O)N(O)CC(O)N(O)C(=O)C(N)Cc1ccccc1. The normalized spacial score (nSPS) is 13.4. The number of carbonyl (C=O) groups is 2. The van der Waals surface area contributed by atoms with Gasteiger partial charge in [0.15, 0.2) is 6.23 Å². The quantitative estimate of drug-likeness (QED) is 0.185. The van der Waals surface area contributed by atoms with Crippen LogP contribution in [0.25, 0.3) is 6.08 Å². The zero-order chi connectivity index (χ0) is 21.4. The number of amides is 2. The molecule has 2 aromatic carbocycles. The number of rotatable bonds is 8. The summed E-state index contributed by atoms with van der Waals surface area (Å²) >= 11 is 0. The fraction of sp³-hybridized carbons (Fsp3) is 0.200. The van der Waals surface area contributed by atoms with Gasteiger partial charge in [0.25, 0.3) is 11.8 Å². The van der Waals surface area contributed by atoms with Gasteiger partial charge < -0.3 is 16.6 Å². The lowest BCUT2D eigenvalue weighted by atomic mass is 10.1. The van der Waals surface area contributed by atoms with Crippen LogP contribution in [0.5, 0.6) is 0 Å². The Morgan fingerprint density at radius 3 is 2.14 bits per heavy atom. The Bertz CT molecular complexity index is 844. The van der Waals surface area contributed by atoms with Crippen LogP contribution in [0.15, 0.2) is 66.4 Å². The molecule has 0 radical (unpaired) electrons. The lowest BCUT2D eigenvalue weighted by Crippen LogP contribution is -2.52. The molecule has 2 atom stereocenters. The first-order valence-electron chi connectivity index (χ1n) is 8.82. The second-order valence-corrected chi connectivity index (χ2v) is 6.36. The van der Waals surface area contributed by atoms with Gasteiger partial charge >= 0.3 is 0 Å². The Labute approximate surface area is 168 Å². The van der Waals surface area contributed by atoms with E-state index in [1.54, 1.807) is 54.6 Å². The van der Waals surface area contributed by atoms with E-state index in [1.165, 1.54) is 6.08 Å². The number of aliphatic hydroxyl groups is 1. The minimum Gasteiger partial charge on any atom is -0.394 e. The number of hydroxylamine groups is 4. The summed E-state index contributed by atoms with van der Waals surface area (Å²) in [5, 5.41) is 29.8. The fourth-order valence-electron chi connectivity index (χ4n) is 2.53. The third-order valence-electron chi connectivity index (χ3n) is 4.06. The Kier molecular flexibility index (Phi) is 7.87. The predicted octanol–water partition coefficient (Wildman–Crippen LogP) is 0.310. The Morgan fingerprint density at radius 2 is 1.55 bits per heavy atom. The minimum absolute atomic E-state index is 0.0127. The monoisotopic (exact) mass is 400 g/mol. The van der Waals surface area contributed by atoms with E-state index in [-0.39, 0.29) is 22.2 Å². The first-order valence-corrected chi connectivity index (χ1v) is 8.82. The van der Waals surface area contributed by atoms with Gasteiger partial charge in [0.1, 0.15) is 5.70 Å². The molecule has 9 nitrogen and oxygen atoms in total. The van der Waals surface area contributed by atoms with Crippen molar-refractivity contribution in [2.75, 3.05) is 6.54 Å². The maximum absolute atomic E-state index is 12.2. The smallest absolute Gasteiger partial charge is 0.293 e. The number of hydrogen-bond donors (Lipinski definition) is 5. The summed E-state index contributed by atoms with van der Waals surface area (Å²) in [5.74, 6) is -1.96. The highest BCUT2D eigenvalue weighted by Gasteiger charge is 2.28. The summed E-state index contributed by atoms with van der Waals surface area (Å²) in [7, 11) is 0. The van der Waals surface area contributed by atoms with Gasteiger partial charge in [0, 0.05) is 0 Å². The van der Waals surface area contributed by atoms with Crippen LogP contribution < -0.4 is 11.5 Å². The van der Waals surface area contributed by atoms with Gasteiger partial charge in [-0.05, 0) is 23.6 Å². The first-order chi connectivity index (χ1) is 13.8. The molecule has 0 saturated carbocycles. The lowest BCUT2D eigenvalue weighted by Gasteiger charge is -2.26. The van der Waals surface area contributed by atoms with E-state index < -0.39 is 30.6 Å². The fourth-order valence-corrected chi connectivity index (χ4v) is 2.53. The molecule has 2 aromatic rings. The average Bonchev–Trinajstić information content (AvgIpc) is 2.73. The van der Waals surface area contributed by atoms with E-state index in [9.17, 15) is 25.1 Å². The summed E-state index contributed by atoms with van der Waals surface area (Å²) in [6.07, 6.45) is -0.420. The molecule has 9 heteroatoms. The molecule has 7 N–H and O–H groups in total. The van der Waals surface area contributed by atoms with Crippen molar-refractivity contribution in [3.63, 3.8) is 0 Å². The van der Waals surface area contributed by atoms with Crippen molar-refractivity contribution in [2.45, 2.75) is 18.7 Å². The van der Waals surface area contributed by atoms with E-state index in [0.29, 0.717) is 5.56 Å². The average molecular weight is 400 g/mol. The molecule has 2 rings (SSSR count). The number of benzene rings is 2. The number of aliphatic hydroxyl groups excluding tert-OH is 1. The van der Waals surface area contributed by atoms with Crippen LogP contribution in [0.3, 0.4) is 0 Å². The standard InChI is InChI=1S/C20H24N4O5/c21-16(11-14-7-3-1-4-8-14)19(26)23(28)13-18(25)24(29)20(27)17(22)12-15-9-5-2-6-10-15/h1-11,17-18,25,28-29H,12-13,21-22H2/b16-11-. The highest BCUT2D eigenvalue weighted by Crippen LogP contribution is 2.08. The van der Waals surface area contributed by atoms with Crippen molar-refractivity contribution in [1.82, 2.24) is 10.1 Å². The van der Waals surface area contributed by atoms with Gasteiger partial charge in [-0.1, -0.05) is 60.7 Å². The molecule has 0 saturated heterocycles. The van der Waals surface area contributed by atoms with Crippen LogP contribution in [-0.4, -0.2) is 56.3 Å². The molecule has 0 aromatic heterocycles. The van der Waals surface area contributed by atoms with Crippen LogP contribution in [0, 0.1) is 0 Å². The van der Waals surface area contributed by atoms with Gasteiger partial charge in [0.05, 0.1) is 12.6 Å². The maximum atomic E-state index is 12.2. The topological polar surface area (TPSA) is 153 Å². The van der Waals surface area contributed by atoms with Crippen molar-refractivity contribution in [3.8, 4) is 0 Å². The van der Waals surface area contributed by atoms with Crippen LogP contribution in [0.1, 0.15) is 11.1 Å². The Balaban J connectivity index is 1.93. The molecule has 0 bridgehead atoms. The summed E-state index contributed by atoms with van der Waals surface area (Å²) in [5.41, 5.74) is 12.6. The van der Waals surface area contributed by atoms with Crippen LogP contribution in [0.4, 0.5) is 0 Å². The molecular formula is C20H24N4O5. The number of carbonyl (C=O) groups excluding carboxylic acids is 2. The van der Waals surface area contributed by atoms with Crippen molar-refractivity contribution < 1.29 is 25.1 Å². The maximum Gasteiger partial charge on any atom is 0.293 e. The molecule has 0 aliphatic heterocycles. The molecule has 0 heterocycles.